The minimum atomic E-state index is -0.510. The van der Waals surface area contributed by atoms with Gasteiger partial charge in [-0.3, -0.25) is 4.79 Å². The number of benzene rings is 3. The number of amides is 3. The number of nitrogens with one attached hydrogen (secondary N) is 3. The second-order valence-electron chi connectivity index (χ2n) is 6.69. The van der Waals surface area contributed by atoms with Crippen molar-refractivity contribution in [2.24, 2.45) is 0 Å². The van der Waals surface area contributed by atoms with E-state index in [-0.39, 0.29) is 5.91 Å². The summed E-state index contributed by atoms with van der Waals surface area (Å²) in [4.78, 5) is 25.1. The van der Waals surface area contributed by atoms with Gasteiger partial charge in [0, 0.05) is 10.7 Å². The molecular weight excluding hydrogens is 406 g/mol. The monoisotopic (exact) mass is 423 g/mol. The van der Waals surface area contributed by atoms with Gasteiger partial charge in [0.25, 0.3) is 5.91 Å². The van der Waals surface area contributed by atoms with Gasteiger partial charge in [-0.2, -0.15) is 0 Å². The number of methoxy groups -OCH3 is 1. The second-order valence-corrected chi connectivity index (χ2v) is 7.13. The maximum Gasteiger partial charge on any atom is 0.323 e. The van der Waals surface area contributed by atoms with Gasteiger partial charge in [0.05, 0.1) is 24.0 Å². The van der Waals surface area contributed by atoms with Crippen molar-refractivity contribution < 1.29 is 19.1 Å². The summed E-state index contributed by atoms with van der Waals surface area (Å²) in [7, 11) is 1.50. The summed E-state index contributed by atoms with van der Waals surface area (Å²) < 4.78 is 11.1. The van der Waals surface area contributed by atoms with E-state index in [4.69, 9.17) is 21.1 Å². The van der Waals surface area contributed by atoms with Crippen molar-refractivity contribution in [2.45, 2.75) is 6.92 Å². The molecule has 0 radical (unpaired) electrons. The molecule has 8 heteroatoms. The number of anilines is 3. The van der Waals surface area contributed by atoms with Gasteiger partial charge >= 0.3 is 6.03 Å². The Morgan fingerprint density at radius 2 is 1.83 bits per heavy atom. The molecule has 30 heavy (non-hydrogen) atoms. The van der Waals surface area contributed by atoms with Gasteiger partial charge in [0.2, 0.25) is 0 Å². The van der Waals surface area contributed by atoms with E-state index in [2.05, 4.69) is 16.0 Å². The van der Waals surface area contributed by atoms with E-state index in [0.717, 1.165) is 5.56 Å². The SMILES string of the molecule is COc1ccc(Cl)cc1NC(=O)Nc1ccc2c(c1)C(=O)Nc1cc(C)ccc1O2. The van der Waals surface area contributed by atoms with Crippen LogP contribution in [0.15, 0.2) is 54.6 Å². The third-order valence-corrected chi connectivity index (χ3v) is 4.73. The summed E-state index contributed by atoms with van der Waals surface area (Å²) in [6.45, 7) is 1.93. The van der Waals surface area contributed by atoms with Gasteiger partial charge < -0.3 is 25.4 Å². The van der Waals surface area contributed by atoms with Crippen LogP contribution in [0.5, 0.6) is 17.2 Å². The third kappa shape index (κ3) is 4.01. The van der Waals surface area contributed by atoms with Crippen molar-refractivity contribution in [3.05, 3.63) is 70.7 Å². The summed E-state index contributed by atoms with van der Waals surface area (Å²) in [6, 6.07) is 14.8. The lowest BCUT2D eigenvalue weighted by molar-refractivity contribution is 0.102. The Morgan fingerprint density at radius 3 is 2.63 bits per heavy atom. The number of halogens is 1. The van der Waals surface area contributed by atoms with Crippen LogP contribution >= 0.6 is 11.6 Å². The van der Waals surface area contributed by atoms with E-state index in [1.54, 1.807) is 42.5 Å². The van der Waals surface area contributed by atoms with Crippen molar-refractivity contribution in [1.29, 1.82) is 0 Å². The highest BCUT2D eigenvalue weighted by atomic mass is 35.5. The summed E-state index contributed by atoms with van der Waals surface area (Å²) in [6.07, 6.45) is 0. The minimum Gasteiger partial charge on any atom is -0.495 e. The van der Waals surface area contributed by atoms with E-state index in [1.807, 2.05) is 19.1 Å². The topological polar surface area (TPSA) is 88.7 Å². The number of hydrogen-bond acceptors (Lipinski definition) is 4. The molecule has 3 amide bonds. The molecule has 0 unspecified atom stereocenters. The average molecular weight is 424 g/mol. The van der Waals surface area contributed by atoms with Crippen molar-refractivity contribution in [3.63, 3.8) is 0 Å². The number of aryl methyl sites for hydroxylation is 1. The standard InChI is InChI=1S/C22H18ClN3O4/c1-12-3-6-20-16(9-12)25-21(27)15-11-14(5-8-18(15)30-20)24-22(28)26-17-10-13(23)4-7-19(17)29-2/h3-11H,1-2H3,(H,25,27)(H2,24,26,28). The first kappa shape index (κ1) is 19.6. The molecule has 0 atom stereocenters. The normalized spacial score (nSPS) is 11.9. The number of urea groups is 1. The average Bonchev–Trinajstić information content (AvgIpc) is 2.84. The van der Waals surface area contributed by atoms with Crippen LogP contribution in [0.4, 0.5) is 21.9 Å². The van der Waals surface area contributed by atoms with Gasteiger partial charge in [0.1, 0.15) is 11.5 Å². The quantitative estimate of drug-likeness (QED) is 0.507. The van der Waals surface area contributed by atoms with E-state index in [9.17, 15) is 9.59 Å². The van der Waals surface area contributed by atoms with Gasteiger partial charge in [-0.25, -0.2) is 4.79 Å². The van der Waals surface area contributed by atoms with Gasteiger partial charge in [-0.15, -0.1) is 0 Å². The molecule has 0 aliphatic carbocycles. The zero-order chi connectivity index (χ0) is 21.3. The largest absolute Gasteiger partial charge is 0.495 e. The molecule has 152 valence electrons. The molecule has 0 saturated carbocycles. The molecule has 1 heterocycles. The molecule has 1 aliphatic heterocycles. The van der Waals surface area contributed by atoms with Crippen molar-refractivity contribution in [1.82, 2.24) is 0 Å². The number of hydrogen-bond donors (Lipinski definition) is 3. The highest BCUT2D eigenvalue weighted by Crippen LogP contribution is 2.37. The molecule has 7 nitrogen and oxygen atoms in total. The third-order valence-electron chi connectivity index (χ3n) is 4.49. The zero-order valence-electron chi connectivity index (χ0n) is 16.2. The Morgan fingerprint density at radius 1 is 1.03 bits per heavy atom. The molecule has 3 aromatic carbocycles. The summed E-state index contributed by atoms with van der Waals surface area (Å²) in [5.41, 5.74) is 2.75. The Balaban J connectivity index is 1.55. The lowest BCUT2D eigenvalue weighted by atomic mass is 10.1. The van der Waals surface area contributed by atoms with Crippen molar-refractivity contribution in [3.8, 4) is 17.2 Å². The molecule has 0 saturated heterocycles. The molecular formula is C22H18ClN3O4. The van der Waals surface area contributed by atoms with Crippen LogP contribution in [0.3, 0.4) is 0 Å². The summed E-state index contributed by atoms with van der Waals surface area (Å²) in [5.74, 6) is 1.10. The van der Waals surface area contributed by atoms with Crippen LogP contribution in [0.2, 0.25) is 5.02 Å². The number of fused-ring (bicyclic) bond motifs is 2. The van der Waals surface area contributed by atoms with Crippen LogP contribution in [0.25, 0.3) is 0 Å². The summed E-state index contributed by atoms with van der Waals surface area (Å²) >= 11 is 5.99. The van der Waals surface area contributed by atoms with E-state index < -0.39 is 6.03 Å². The fraction of sp³-hybridized carbons (Fsp3) is 0.0909. The molecule has 0 bridgehead atoms. The fourth-order valence-corrected chi connectivity index (χ4v) is 3.25. The maximum atomic E-state index is 12.7. The maximum absolute atomic E-state index is 12.7. The molecule has 3 aromatic rings. The van der Waals surface area contributed by atoms with Crippen LogP contribution in [0, 0.1) is 6.92 Å². The van der Waals surface area contributed by atoms with Crippen LogP contribution in [0.1, 0.15) is 15.9 Å². The molecule has 0 spiro atoms. The first-order valence-corrected chi connectivity index (χ1v) is 9.46. The van der Waals surface area contributed by atoms with Crippen LogP contribution in [-0.4, -0.2) is 19.0 Å². The van der Waals surface area contributed by atoms with Gasteiger partial charge in [-0.05, 0) is 61.0 Å². The predicted molar refractivity (Wildman–Crippen MR) is 116 cm³/mol. The van der Waals surface area contributed by atoms with E-state index >= 15 is 0 Å². The lowest BCUT2D eigenvalue weighted by Crippen LogP contribution is -2.20. The smallest absolute Gasteiger partial charge is 0.323 e. The molecule has 0 aromatic heterocycles. The van der Waals surface area contributed by atoms with E-state index in [1.165, 1.54) is 7.11 Å². The Bertz CT molecular complexity index is 1160. The van der Waals surface area contributed by atoms with Crippen LogP contribution in [-0.2, 0) is 0 Å². The Hall–Kier alpha value is -3.71. The fourth-order valence-electron chi connectivity index (χ4n) is 3.08. The highest BCUT2D eigenvalue weighted by Gasteiger charge is 2.21. The number of rotatable bonds is 3. The minimum absolute atomic E-state index is 0.307. The predicted octanol–water partition coefficient (Wildman–Crippen LogP) is 5.66. The lowest BCUT2D eigenvalue weighted by Gasteiger charge is -2.13. The molecule has 0 fully saturated rings. The molecule has 4 rings (SSSR count). The Kier molecular flexibility index (Phi) is 5.20. The molecule has 1 aliphatic rings. The first-order valence-electron chi connectivity index (χ1n) is 9.08. The number of ether oxygens (including phenoxy) is 2. The van der Waals surface area contributed by atoms with E-state index in [0.29, 0.717) is 44.9 Å². The second kappa shape index (κ2) is 7.96. The van der Waals surface area contributed by atoms with Gasteiger partial charge in [-0.1, -0.05) is 17.7 Å². The molecule has 3 N–H and O–H groups in total. The number of carbonyl (C=O) groups excluding carboxylic acids is 2. The van der Waals surface area contributed by atoms with Crippen LogP contribution < -0.4 is 25.4 Å². The summed E-state index contributed by atoms with van der Waals surface area (Å²) in [5, 5.41) is 8.68. The van der Waals surface area contributed by atoms with Gasteiger partial charge in [0.15, 0.2) is 5.75 Å². The van der Waals surface area contributed by atoms with Crippen molar-refractivity contribution in [2.75, 3.05) is 23.1 Å². The Labute approximate surface area is 178 Å². The highest BCUT2D eigenvalue weighted by molar-refractivity contribution is 6.31. The van der Waals surface area contributed by atoms with Crippen molar-refractivity contribution >= 4 is 40.6 Å². The zero-order valence-corrected chi connectivity index (χ0v) is 17.0. The first-order chi connectivity index (χ1) is 14.4. The number of carbonyl (C=O) groups is 2.